The number of ether oxygens (including phenoxy) is 4. The highest BCUT2D eigenvalue weighted by atomic mass is 19.1. The second kappa shape index (κ2) is 10.9. The van der Waals surface area contributed by atoms with E-state index >= 15 is 0 Å². The summed E-state index contributed by atoms with van der Waals surface area (Å²) in [7, 11) is 1.38. The van der Waals surface area contributed by atoms with Crippen molar-refractivity contribution in [2.24, 2.45) is 0 Å². The van der Waals surface area contributed by atoms with E-state index in [-0.39, 0.29) is 41.4 Å². The monoisotopic (exact) mass is 442 g/mol. The van der Waals surface area contributed by atoms with Gasteiger partial charge in [-0.1, -0.05) is 25.3 Å². The van der Waals surface area contributed by atoms with E-state index in [0.717, 1.165) is 0 Å². The van der Waals surface area contributed by atoms with Crippen molar-refractivity contribution >= 4 is 17.9 Å². The topological polar surface area (TPSA) is 88.1 Å². The zero-order chi connectivity index (χ0) is 23.8. The first-order chi connectivity index (χ1) is 15.1. The van der Waals surface area contributed by atoms with Gasteiger partial charge in [-0.15, -0.1) is 0 Å². The van der Waals surface area contributed by atoms with Crippen molar-refractivity contribution in [1.82, 2.24) is 0 Å². The van der Waals surface area contributed by atoms with E-state index in [1.807, 2.05) is 0 Å². The molecule has 0 N–H and O–H groups in total. The van der Waals surface area contributed by atoms with Gasteiger partial charge in [-0.25, -0.2) is 18.8 Å². The first kappa shape index (κ1) is 24.3. The van der Waals surface area contributed by atoms with E-state index in [2.05, 4.69) is 13.2 Å². The molecule has 168 valence electrons. The van der Waals surface area contributed by atoms with Gasteiger partial charge in [0.05, 0.1) is 7.11 Å². The van der Waals surface area contributed by atoms with Crippen LogP contribution in [0.2, 0.25) is 0 Å². The lowest BCUT2D eigenvalue weighted by atomic mass is 10.0. The third-order valence-electron chi connectivity index (χ3n) is 4.14. The Kier molecular flexibility index (Phi) is 8.29. The van der Waals surface area contributed by atoms with Crippen molar-refractivity contribution in [1.29, 1.82) is 0 Å². The number of rotatable bonds is 9. The Balaban J connectivity index is 2.12. The molecule has 2 rings (SSSR count). The third-order valence-corrected chi connectivity index (χ3v) is 4.14. The summed E-state index contributed by atoms with van der Waals surface area (Å²) >= 11 is 0. The van der Waals surface area contributed by atoms with Crippen LogP contribution >= 0.6 is 0 Å². The number of hydrogen-bond acceptors (Lipinski definition) is 7. The molecule has 0 amide bonds. The van der Waals surface area contributed by atoms with Crippen LogP contribution in [0.25, 0.3) is 11.1 Å². The van der Waals surface area contributed by atoms with Gasteiger partial charge < -0.3 is 18.9 Å². The number of carbonyl (C=O) groups excluding carboxylic acids is 3. The fourth-order valence-electron chi connectivity index (χ4n) is 2.46. The summed E-state index contributed by atoms with van der Waals surface area (Å²) in [5.41, 5.74) is 1.57. The van der Waals surface area contributed by atoms with Gasteiger partial charge in [-0.3, -0.25) is 0 Å². The molecule has 0 radical (unpaired) electrons. The highest BCUT2D eigenvalue weighted by molar-refractivity contribution is 5.93. The van der Waals surface area contributed by atoms with Crippen molar-refractivity contribution in [3.63, 3.8) is 0 Å². The van der Waals surface area contributed by atoms with Crippen LogP contribution in [-0.2, 0) is 19.1 Å². The number of esters is 3. The quantitative estimate of drug-likeness (QED) is 0.248. The molecular formula is C24H23FO7. The number of halogens is 1. The van der Waals surface area contributed by atoms with Crippen molar-refractivity contribution in [3.05, 3.63) is 72.1 Å². The minimum atomic E-state index is -0.733. The van der Waals surface area contributed by atoms with Crippen molar-refractivity contribution < 1.29 is 37.7 Å². The fraction of sp³-hybridized carbons (Fsp3) is 0.208. The van der Waals surface area contributed by atoms with E-state index in [1.165, 1.54) is 39.2 Å². The van der Waals surface area contributed by atoms with Gasteiger partial charge in [-0.2, -0.15) is 0 Å². The van der Waals surface area contributed by atoms with Crippen LogP contribution < -0.4 is 9.47 Å². The normalized spacial score (nSPS) is 10.1. The zero-order valence-corrected chi connectivity index (χ0v) is 18.0. The number of benzene rings is 2. The maximum Gasteiger partial charge on any atom is 0.342 e. The Morgan fingerprint density at radius 3 is 2.03 bits per heavy atom. The van der Waals surface area contributed by atoms with E-state index in [1.54, 1.807) is 18.2 Å². The first-order valence-corrected chi connectivity index (χ1v) is 9.49. The average Bonchev–Trinajstić information content (AvgIpc) is 2.76. The Morgan fingerprint density at radius 1 is 0.844 bits per heavy atom. The predicted octanol–water partition coefficient (Wildman–Crippen LogP) is 4.26. The molecule has 0 aliphatic carbocycles. The van der Waals surface area contributed by atoms with Gasteiger partial charge in [0.25, 0.3) is 0 Å². The van der Waals surface area contributed by atoms with Crippen molar-refractivity contribution in [2.45, 2.75) is 13.8 Å². The van der Waals surface area contributed by atoms with Crippen molar-refractivity contribution in [2.75, 3.05) is 20.3 Å². The van der Waals surface area contributed by atoms with Gasteiger partial charge in [0.1, 0.15) is 24.5 Å². The zero-order valence-electron chi connectivity index (χ0n) is 18.0. The molecule has 0 saturated heterocycles. The Hall–Kier alpha value is -3.94. The second-order valence-corrected chi connectivity index (χ2v) is 6.78. The fourth-order valence-corrected chi connectivity index (χ4v) is 2.46. The number of carbonyl (C=O) groups is 3. The van der Waals surface area contributed by atoms with Gasteiger partial charge in [0.2, 0.25) is 0 Å². The predicted molar refractivity (Wildman–Crippen MR) is 115 cm³/mol. The van der Waals surface area contributed by atoms with Crippen LogP contribution in [0, 0.1) is 5.82 Å². The summed E-state index contributed by atoms with van der Waals surface area (Å²) in [6.07, 6.45) is 0. The largest absolute Gasteiger partial charge is 0.496 e. The average molecular weight is 442 g/mol. The number of hydrogen-bond donors (Lipinski definition) is 0. The molecule has 2 aromatic rings. The molecule has 0 heterocycles. The van der Waals surface area contributed by atoms with Gasteiger partial charge in [0.15, 0.2) is 11.6 Å². The molecule has 0 bridgehead atoms. The molecule has 0 atom stereocenters. The summed E-state index contributed by atoms with van der Waals surface area (Å²) in [4.78, 5) is 35.2. The molecule has 0 unspecified atom stereocenters. The summed E-state index contributed by atoms with van der Waals surface area (Å²) in [5.74, 6) is -2.71. The van der Waals surface area contributed by atoms with Crippen LogP contribution in [0.3, 0.4) is 0 Å². The molecule has 0 aromatic heterocycles. The maximum absolute atomic E-state index is 14.4. The smallest absolute Gasteiger partial charge is 0.342 e. The summed E-state index contributed by atoms with van der Waals surface area (Å²) in [5, 5.41) is 0. The van der Waals surface area contributed by atoms with Crippen LogP contribution in [0.4, 0.5) is 4.39 Å². The standard InChI is InChI=1S/C24H23FO7/c1-14(2)22(26)30-10-11-31-24(28)18-8-6-17(13-21(18)29-5)16-7-9-20(19(25)12-16)32-23(27)15(3)4/h6-9,12-13H,1,3,10-11H2,2,4-5H3. The lowest BCUT2D eigenvalue weighted by molar-refractivity contribution is -0.140. The summed E-state index contributed by atoms with van der Waals surface area (Å²) < 4.78 is 34.5. The van der Waals surface area contributed by atoms with Crippen LogP contribution in [0.1, 0.15) is 24.2 Å². The van der Waals surface area contributed by atoms with E-state index < -0.39 is 23.7 Å². The Labute approximate surface area is 185 Å². The molecule has 0 saturated carbocycles. The second-order valence-electron chi connectivity index (χ2n) is 6.78. The first-order valence-electron chi connectivity index (χ1n) is 9.49. The van der Waals surface area contributed by atoms with Crippen LogP contribution in [0.5, 0.6) is 11.5 Å². The molecule has 8 heteroatoms. The third kappa shape index (κ3) is 6.28. The summed E-state index contributed by atoms with van der Waals surface area (Å²) in [6, 6.07) is 8.70. The van der Waals surface area contributed by atoms with Gasteiger partial charge in [0, 0.05) is 11.1 Å². The maximum atomic E-state index is 14.4. The molecule has 32 heavy (non-hydrogen) atoms. The SMILES string of the molecule is C=C(C)C(=O)OCCOC(=O)c1ccc(-c2ccc(OC(=O)C(=C)C)c(F)c2)cc1OC. The highest BCUT2D eigenvalue weighted by Gasteiger charge is 2.17. The molecule has 0 aliphatic heterocycles. The minimum Gasteiger partial charge on any atom is -0.496 e. The molecule has 0 fully saturated rings. The molecule has 0 spiro atoms. The molecular weight excluding hydrogens is 419 g/mol. The van der Waals surface area contributed by atoms with Gasteiger partial charge in [-0.05, 0) is 49.2 Å². The minimum absolute atomic E-state index is 0.112. The Morgan fingerprint density at radius 2 is 1.44 bits per heavy atom. The van der Waals surface area contributed by atoms with E-state index in [0.29, 0.717) is 11.1 Å². The highest BCUT2D eigenvalue weighted by Crippen LogP contribution is 2.30. The van der Waals surface area contributed by atoms with Crippen molar-refractivity contribution in [3.8, 4) is 22.6 Å². The van der Waals surface area contributed by atoms with E-state index in [9.17, 15) is 18.8 Å². The lowest BCUT2D eigenvalue weighted by Crippen LogP contribution is -2.14. The van der Waals surface area contributed by atoms with Crippen LogP contribution in [0.15, 0.2) is 60.7 Å². The summed E-state index contributed by atoms with van der Waals surface area (Å²) in [6.45, 7) is 9.62. The Bertz CT molecular complexity index is 1070. The van der Waals surface area contributed by atoms with Gasteiger partial charge >= 0.3 is 17.9 Å². The molecule has 2 aromatic carbocycles. The van der Waals surface area contributed by atoms with Crippen LogP contribution in [-0.4, -0.2) is 38.2 Å². The number of methoxy groups -OCH3 is 1. The lowest BCUT2D eigenvalue weighted by Gasteiger charge is -2.12. The molecule has 7 nitrogen and oxygen atoms in total. The molecule has 0 aliphatic rings. The van der Waals surface area contributed by atoms with E-state index in [4.69, 9.17) is 18.9 Å².